The van der Waals surface area contributed by atoms with E-state index in [0.717, 1.165) is 0 Å². The molecule has 0 spiro atoms. The Morgan fingerprint density at radius 2 is 1.84 bits per heavy atom. The molecule has 2 heterocycles. The zero-order valence-electron chi connectivity index (χ0n) is 13.3. The molecule has 8 heteroatoms. The molecule has 0 aliphatic rings. The van der Waals surface area contributed by atoms with Crippen LogP contribution in [0.2, 0.25) is 0 Å². The summed E-state index contributed by atoms with van der Waals surface area (Å²) in [5.74, 6) is 0.519. The number of benzene rings is 1. The maximum Gasteiger partial charge on any atom is 0.305 e. The molecule has 0 aliphatic heterocycles. The lowest BCUT2D eigenvalue weighted by Gasteiger charge is -2.04. The number of amides is 2. The fourth-order valence-corrected chi connectivity index (χ4v) is 1.96. The zero-order chi connectivity index (χ0) is 17.6. The zero-order valence-corrected chi connectivity index (χ0v) is 13.3. The number of carbonyl (C=O) groups is 2. The van der Waals surface area contributed by atoms with Gasteiger partial charge in [-0.3, -0.25) is 20.4 Å². The first-order chi connectivity index (χ1) is 12.1. The third-order valence-corrected chi connectivity index (χ3v) is 3.16. The summed E-state index contributed by atoms with van der Waals surface area (Å²) in [5.41, 5.74) is 4.53. The highest BCUT2D eigenvalue weighted by molar-refractivity contribution is 5.96. The van der Waals surface area contributed by atoms with E-state index in [1.165, 1.54) is 12.1 Å². The van der Waals surface area contributed by atoms with Crippen LogP contribution >= 0.6 is 0 Å². The first-order valence-corrected chi connectivity index (χ1v) is 7.42. The van der Waals surface area contributed by atoms with Crippen molar-refractivity contribution in [1.82, 2.24) is 16.0 Å². The molecule has 0 radical (unpaired) electrons. The summed E-state index contributed by atoms with van der Waals surface area (Å²) < 4.78 is 15.7. The Hall–Kier alpha value is -3.55. The number of hydrogen-bond donors (Lipinski definition) is 2. The van der Waals surface area contributed by atoms with Crippen LogP contribution < -0.4 is 15.6 Å². The summed E-state index contributed by atoms with van der Waals surface area (Å²) in [5, 5.41) is 3.55. The number of hydrogen-bond acceptors (Lipinski definition) is 6. The van der Waals surface area contributed by atoms with Gasteiger partial charge in [0.2, 0.25) is 0 Å². The van der Waals surface area contributed by atoms with E-state index in [1.807, 2.05) is 30.3 Å². The molecule has 0 saturated carbocycles. The van der Waals surface area contributed by atoms with Crippen molar-refractivity contribution in [1.29, 1.82) is 0 Å². The van der Waals surface area contributed by atoms with Gasteiger partial charge in [-0.05, 0) is 31.2 Å². The fourth-order valence-electron chi connectivity index (χ4n) is 1.96. The van der Waals surface area contributed by atoms with Gasteiger partial charge in [0.1, 0.15) is 23.9 Å². The molecule has 2 aromatic heterocycles. The maximum absolute atomic E-state index is 12.0. The molecule has 8 nitrogen and oxygen atoms in total. The van der Waals surface area contributed by atoms with Crippen molar-refractivity contribution in [2.24, 2.45) is 0 Å². The lowest BCUT2D eigenvalue weighted by atomic mass is 10.3. The van der Waals surface area contributed by atoms with E-state index in [4.69, 9.17) is 13.7 Å². The number of rotatable bonds is 5. The molecule has 2 N–H and O–H groups in total. The van der Waals surface area contributed by atoms with E-state index in [-0.39, 0.29) is 18.1 Å². The van der Waals surface area contributed by atoms with E-state index in [0.29, 0.717) is 17.3 Å². The van der Waals surface area contributed by atoms with Crippen molar-refractivity contribution in [3.8, 4) is 5.75 Å². The highest BCUT2D eigenvalue weighted by Crippen LogP contribution is 2.13. The number of carbonyl (C=O) groups excluding carboxylic acids is 2. The third-order valence-electron chi connectivity index (χ3n) is 3.16. The van der Waals surface area contributed by atoms with Crippen LogP contribution in [0.25, 0.3) is 0 Å². The number of aryl methyl sites for hydroxylation is 1. The van der Waals surface area contributed by atoms with Gasteiger partial charge in [0, 0.05) is 6.07 Å². The Bertz CT molecular complexity index is 869. The second-order valence-corrected chi connectivity index (χ2v) is 5.10. The predicted molar refractivity (Wildman–Crippen MR) is 85.7 cm³/mol. The number of ether oxygens (including phenoxy) is 1. The number of nitrogens with zero attached hydrogens (tertiary/aromatic N) is 1. The summed E-state index contributed by atoms with van der Waals surface area (Å²) in [6.45, 7) is 1.84. The van der Waals surface area contributed by atoms with E-state index in [1.54, 1.807) is 13.0 Å². The second kappa shape index (κ2) is 7.35. The molecule has 0 fully saturated rings. The van der Waals surface area contributed by atoms with Crippen molar-refractivity contribution in [3.05, 3.63) is 71.5 Å². The van der Waals surface area contributed by atoms with Gasteiger partial charge in [-0.15, -0.1) is 0 Å². The molecule has 1 aromatic carbocycles. The number of furan rings is 1. The highest BCUT2D eigenvalue weighted by atomic mass is 16.5. The average Bonchev–Trinajstić information content (AvgIpc) is 3.27. The van der Waals surface area contributed by atoms with Gasteiger partial charge in [0.25, 0.3) is 5.91 Å². The molecular weight excluding hydrogens is 326 g/mol. The van der Waals surface area contributed by atoms with Crippen molar-refractivity contribution in [2.75, 3.05) is 0 Å². The molecule has 128 valence electrons. The van der Waals surface area contributed by atoms with Crippen molar-refractivity contribution in [2.45, 2.75) is 13.5 Å². The smallest absolute Gasteiger partial charge is 0.305 e. The van der Waals surface area contributed by atoms with E-state index in [2.05, 4.69) is 16.0 Å². The second-order valence-electron chi connectivity index (χ2n) is 5.10. The molecule has 25 heavy (non-hydrogen) atoms. The van der Waals surface area contributed by atoms with Crippen LogP contribution in [0.1, 0.15) is 32.6 Å². The van der Waals surface area contributed by atoms with Gasteiger partial charge in [-0.25, -0.2) is 0 Å². The summed E-state index contributed by atoms with van der Waals surface area (Å²) in [7, 11) is 0. The SMILES string of the molecule is Cc1cc(C(=O)NNC(=O)c2ccc(COc3ccccc3)o2)no1. The predicted octanol–water partition coefficient (Wildman–Crippen LogP) is 2.23. The van der Waals surface area contributed by atoms with Gasteiger partial charge in [0.15, 0.2) is 11.5 Å². The highest BCUT2D eigenvalue weighted by Gasteiger charge is 2.15. The summed E-state index contributed by atoms with van der Waals surface area (Å²) in [6, 6.07) is 13.8. The van der Waals surface area contributed by atoms with Crippen molar-refractivity contribution >= 4 is 11.8 Å². The molecule has 0 aliphatic carbocycles. The molecular formula is C17H15N3O5. The minimum atomic E-state index is -0.598. The first kappa shape index (κ1) is 16.3. The van der Waals surface area contributed by atoms with Gasteiger partial charge in [0.05, 0.1) is 0 Å². The van der Waals surface area contributed by atoms with Crippen LogP contribution in [-0.2, 0) is 6.61 Å². The lowest BCUT2D eigenvalue weighted by molar-refractivity contribution is 0.0824. The Morgan fingerprint density at radius 3 is 2.56 bits per heavy atom. The lowest BCUT2D eigenvalue weighted by Crippen LogP contribution is -2.41. The first-order valence-electron chi connectivity index (χ1n) is 7.42. The number of aromatic nitrogens is 1. The monoisotopic (exact) mass is 341 g/mol. The van der Waals surface area contributed by atoms with Crippen LogP contribution in [0, 0.1) is 6.92 Å². The maximum atomic E-state index is 12.0. The van der Waals surface area contributed by atoms with Crippen molar-refractivity contribution in [3.63, 3.8) is 0 Å². The number of nitrogens with one attached hydrogen (secondary N) is 2. The minimum Gasteiger partial charge on any atom is -0.486 e. The van der Waals surface area contributed by atoms with Gasteiger partial charge < -0.3 is 13.7 Å². The molecule has 3 aromatic rings. The Balaban J connectivity index is 1.51. The molecule has 0 unspecified atom stereocenters. The Kier molecular flexibility index (Phi) is 4.79. The largest absolute Gasteiger partial charge is 0.486 e. The minimum absolute atomic E-state index is 0.0447. The summed E-state index contributed by atoms with van der Waals surface area (Å²) >= 11 is 0. The standard InChI is InChI=1S/C17H15N3O5/c1-11-9-14(20-25-11)16(21)18-19-17(22)15-8-7-13(24-15)10-23-12-5-3-2-4-6-12/h2-9H,10H2,1H3,(H,18,21)(H,19,22). The van der Waals surface area contributed by atoms with E-state index < -0.39 is 11.8 Å². The quantitative estimate of drug-likeness (QED) is 0.689. The van der Waals surface area contributed by atoms with Crippen LogP contribution in [0.5, 0.6) is 5.75 Å². The number of hydrazine groups is 1. The van der Waals surface area contributed by atoms with E-state index >= 15 is 0 Å². The van der Waals surface area contributed by atoms with Gasteiger partial charge >= 0.3 is 5.91 Å². The fraction of sp³-hybridized carbons (Fsp3) is 0.118. The summed E-state index contributed by atoms with van der Waals surface area (Å²) in [6.07, 6.45) is 0. The molecule has 0 saturated heterocycles. The third kappa shape index (κ3) is 4.25. The number of para-hydroxylation sites is 1. The molecule has 0 atom stereocenters. The molecule has 0 bridgehead atoms. The normalized spacial score (nSPS) is 10.3. The van der Waals surface area contributed by atoms with Gasteiger partial charge in [-0.1, -0.05) is 23.4 Å². The topological polar surface area (TPSA) is 107 Å². The average molecular weight is 341 g/mol. The van der Waals surface area contributed by atoms with Crippen LogP contribution in [0.15, 0.2) is 57.5 Å². The van der Waals surface area contributed by atoms with Gasteiger partial charge in [-0.2, -0.15) is 0 Å². The van der Waals surface area contributed by atoms with E-state index in [9.17, 15) is 9.59 Å². The molecule has 2 amide bonds. The van der Waals surface area contributed by atoms with Crippen LogP contribution in [0.4, 0.5) is 0 Å². The van der Waals surface area contributed by atoms with Crippen molar-refractivity contribution < 1.29 is 23.3 Å². The summed E-state index contributed by atoms with van der Waals surface area (Å²) in [4.78, 5) is 23.7. The Morgan fingerprint density at radius 1 is 1.08 bits per heavy atom. The van der Waals surface area contributed by atoms with Crippen LogP contribution in [0.3, 0.4) is 0 Å². The molecule has 3 rings (SSSR count). The van der Waals surface area contributed by atoms with Crippen LogP contribution in [-0.4, -0.2) is 17.0 Å². The Labute approximate surface area is 142 Å².